The van der Waals surface area contributed by atoms with E-state index in [4.69, 9.17) is 14.2 Å². The lowest BCUT2D eigenvalue weighted by Gasteiger charge is -2.25. The average Bonchev–Trinajstić information content (AvgIpc) is 3.60. The summed E-state index contributed by atoms with van der Waals surface area (Å²) in [6.07, 6.45) is -1.09. The maximum Gasteiger partial charge on any atom is 0.407 e. The maximum absolute atomic E-state index is 14.7. The Morgan fingerprint density at radius 3 is 2.79 bits per heavy atom. The maximum atomic E-state index is 14.7. The number of nitrogens with zero attached hydrogens (tertiary/aromatic N) is 7. The van der Waals surface area contributed by atoms with Crippen LogP contribution >= 0.6 is 0 Å². The molecule has 1 amide bonds. The molecule has 5 heterocycles. The number of alkyl halides is 2. The van der Waals surface area contributed by atoms with Crippen LogP contribution in [0.4, 0.5) is 13.6 Å². The first-order valence-corrected chi connectivity index (χ1v) is 17.1. The van der Waals surface area contributed by atoms with E-state index >= 15 is 0 Å². The van der Waals surface area contributed by atoms with Gasteiger partial charge < -0.3 is 24.1 Å². The van der Waals surface area contributed by atoms with Crippen LogP contribution in [0, 0.1) is 11.3 Å². The molecule has 0 unspecified atom stereocenters. The van der Waals surface area contributed by atoms with Gasteiger partial charge in [-0.1, -0.05) is 19.6 Å². The van der Waals surface area contributed by atoms with Gasteiger partial charge in [0.1, 0.15) is 30.7 Å². The normalized spacial score (nSPS) is 15.0. The molecule has 5 rings (SSSR count). The van der Waals surface area contributed by atoms with Gasteiger partial charge in [-0.3, -0.25) is 4.68 Å². The van der Waals surface area contributed by atoms with E-state index in [0.717, 1.165) is 6.04 Å². The Morgan fingerprint density at radius 1 is 1.31 bits per heavy atom. The molecule has 0 aromatic carbocycles. The van der Waals surface area contributed by atoms with Crippen LogP contribution in [0.25, 0.3) is 33.4 Å². The summed E-state index contributed by atoms with van der Waals surface area (Å²) in [5.41, 5.74) is 1.41. The molecule has 1 atom stereocenters. The number of amides is 1. The molecular formula is C27H32F2N8O4Si. The van der Waals surface area contributed by atoms with Crippen LogP contribution in [0.2, 0.25) is 25.7 Å². The largest absolute Gasteiger partial charge is 0.473 e. The van der Waals surface area contributed by atoms with Crippen LogP contribution < -0.4 is 10.1 Å². The highest BCUT2D eigenvalue weighted by atomic mass is 28.3. The van der Waals surface area contributed by atoms with Gasteiger partial charge in [0.2, 0.25) is 5.88 Å². The fraction of sp³-hybridized carbons (Fsp3) is 0.444. The standard InChI is InChI=1S/C27H32F2N8O4Si/c1-31-27(38)41-16-12-37-26(40-14-16)21(22(34-37)24(28)29)23-20(18-13-35(2)33-19(18)11-30)17-7-6-8-32-25(17)36(23)15-39-9-10-42(3,4)5/h6-8,13,16,24H,9-10,12,14-15H2,1-5H3,(H,31,38)/t16-/m0/s1. The molecular weight excluding hydrogens is 566 g/mol. The third kappa shape index (κ3) is 5.59. The van der Waals surface area contributed by atoms with Gasteiger partial charge in [-0.05, 0) is 18.2 Å². The van der Waals surface area contributed by atoms with Crippen LogP contribution in [0.1, 0.15) is 17.8 Å². The molecule has 222 valence electrons. The fourth-order valence-electron chi connectivity index (χ4n) is 4.93. The molecule has 1 aliphatic rings. The molecule has 4 aromatic rings. The van der Waals surface area contributed by atoms with Crippen molar-refractivity contribution < 1.29 is 27.8 Å². The number of aryl methyl sites for hydroxylation is 1. The molecule has 1 N–H and O–H groups in total. The summed E-state index contributed by atoms with van der Waals surface area (Å²) in [5.74, 6) is 0.0943. The minimum atomic E-state index is -2.97. The zero-order valence-electron chi connectivity index (χ0n) is 24.0. The number of nitriles is 1. The number of hydrogen-bond acceptors (Lipinski definition) is 8. The molecule has 0 bridgehead atoms. The summed E-state index contributed by atoms with van der Waals surface area (Å²) in [6, 6.07) is 6.59. The zero-order valence-corrected chi connectivity index (χ0v) is 25.0. The van der Waals surface area contributed by atoms with E-state index < -0.39 is 32.4 Å². The lowest BCUT2D eigenvalue weighted by atomic mass is 9.99. The van der Waals surface area contributed by atoms with Crippen LogP contribution in [-0.4, -0.2) is 69.6 Å². The van der Waals surface area contributed by atoms with Gasteiger partial charge in [0.25, 0.3) is 6.43 Å². The quantitative estimate of drug-likeness (QED) is 0.219. The Balaban J connectivity index is 1.74. The van der Waals surface area contributed by atoms with Crippen molar-refractivity contribution in [3.8, 4) is 34.3 Å². The number of aromatic nitrogens is 6. The summed E-state index contributed by atoms with van der Waals surface area (Å²) in [4.78, 5) is 16.4. The minimum Gasteiger partial charge on any atom is -0.473 e. The molecule has 0 radical (unpaired) electrons. The highest BCUT2D eigenvalue weighted by Crippen LogP contribution is 2.48. The third-order valence-electron chi connectivity index (χ3n) is 6.88. The number of carbonyl (C=O) groups excluding carboxylic acids is 1. The Bertz CT molecular complexity index is 1670. The van der Waals surface area contributed by atoms with Crippen molar-refractivity contribution in [1.82, 2.24) is 34.4 Å². The first-order valence-electron chi connectivity index (χ1n) is 13.4. The monoisotopic (exact) mass is 598 g/mol. The number of pyridine rings is 1. The molecule has 12 nitrogen and oxygen atoms in total. The molecule has 0 aliphatic carbocycles. The third-order valence-corrected chi connectivity index (χ3v) is 8.58. The fourth-order valence-corrected chi connectivity index (χ4v) is 5.69. The van der Waals surface area contributed by atoms with Gasteiger partial charge in [-0.15, -0.1) is 0 Å². The van der Waals surface area contributed by atoms with Crippen molar-refractivity contribution in [2.24, 2.45) is 7.05 Å². The molecule has 0 saturated heterocycles. The minimum absolute atomic E-state index is 0.0132. The van der Waals surface area contributed by atoms with Crippen molar-refractivity contribution in [1.29, 1.82) is 5.26 Å². The number of hydrogen-bond donors (Lipinski definition) is 1. The SMILES string of the molecule is CNC(=O)O[C@@H]1COc2c(-c3c(-c4cn(C)nc4C#N)c4cccnc4n3COCC[Si](C)(C)C)c(C(F)F)nn2C1. The number of ether oxygens (including phenoxy) is 3. The van der Waals surface area contributed by atoms with Gasteiger partial charge in [0.05, 0.1) is 17.8 Å². The molecule has 1 aliphatic heterocycles. The lowest BCUT2D eigenvalue weighted by Crippen LogP contribution is -2.37. The van der Waals surface area contributed by atoms with Crippen LogP contribution in [0.5, 0.6) is 5.88 Å². The molecule has 4 aromatic heterocycles. The van der Waals surface area contributed by atoms with E-state index in [-0.39, 0.29) is 37.0 Å². The number of alkyl carbamates (subject to hydrolysis) is 1. The van der Waals surface area contributed by atoms with E-state index in [1.807, 2.05) is 6.07 Å². The summed E-state index contributed by atoms with van der Waals surface area (Å²) >= 11 is 0. The van der Waals surface area contributed by atoms with Gasteiger partial charge in [-0.25, -0.2) is 23.2 Å². The Hall–Kier alpha value is -4.29. The predicted molar refractivity (Wildman–Crippen MR) is 152 cm³/mol. The Labute approximate surface area is 241 Å². The topological polar surface area (TPSA) is 134 Å². The van der Waals surface area contributed by atoms with Gasteiger partial charge in [-0.2, -0.15) is 15.5 Å². The van der Waals surface area contributed by atoms with Crippen molar-refractivity contribution in [3.05, 3.63) is 35.9 Å². The Kier molecular flexibility index (Phi) is 8.02. The van der Waals surface area contributed by atoms with Crippen LogP contribution in [0.3, 0.4) is 0 Å². The molecule has 0 fully saturated rings. The van der Waals surface area contributed by atoms with E-state index in [1.165, 1.54) is 16.4 Å². The number of carbonyl (C=O) groups is 1. The number of rotatable bonds is 9. The number of fused-ring (bicyclic) bond motifs is 2. The van der Waals surface area contributed by atoms with E-state index in [9.17, 15) is 18.8 Å². The van der Waals surface area contributed by atoms with Crippen molar-refractivity contribution in [2.75, 3.05) is 20.3 Å². The second-order valence-electron chi connectivity index (χ2n) is 11.2. The summed E-state index contributed by atoms with van der Waals surface area (Å²) in [5, 5.41) is 21.4. The van der Waals surface area contributed by atoms with Crippen LogP contribution in [-0.2, 0) is 29.8 Å². The summed E-state index contributed by atoms with van der Waals surface area (Å²) < 4.78 is 51.4. The van der Waals surface area contributed by atoms with E-state index in [1.54, 1.807) is 30.1 Å². The number of nitrogens with one attached hydrogen (secondary N) is 1. The van der Waals surface area contributed by atoms with Crippen molar-refractivity contribution in [3.63, 3.8) is 0 Å². The highest BCUT2D eigenvalue weighted by molar-refractivity contribution is 6.76. The molecule has 0 spiro atoms. The smallest absolute Gasteiger partial charge is 0.407 e. The van der Waals surface area contributed by atoms with E-state index in [2.05, 4.69) is 46.2 Å². The first-order chi connectivity index (χ1) is 20.0. The van der Waals surface area contributed by atoms with Gasteiger partial charge in [0.15, 0.2) is 11.8 Å². The highest BCUT2D eigenvalue weighted by Gasteiger charge is 2.37. The average molecular weight is 599 g/mol. The molecule has 0 saturated carbocycles. The van der Waals surface area contributed by atoms with Crippen molar-refractivity contribution >= 4 is 25.2 Å². The zero-order chi connectivity index (χ0) is 30.2. The van der Waals surface area contributed by atoms with Crippen molar-refractivity contribution in [2.45, 2.75) is 51.5 Å². The van der Waals surface area contributed by atoms with Gasteiger partial charge in [0, 0.05) is 57.7 Å². The van der Waals surface area contributed by atoms with E-state index in [0.29, 0.717) is 34.5 Å². The summed E-state index contributed by atoms with van der Waals surface area (Å²) in [7, 11) is 1.70. The predicted octanol–water partition coefficient (Wildman–Crippen LogP) is 4.54. The number of halogens is 2. The summed E-state index contributed by atoms with van der Waals surface area (Å²) in [6.45, 7) is 7.17. The molecule has 15 heteroatoms. The Morgan fingerprint density at radius 2 is 2.10 bits per heavy atom. The second-order valence-corrected chi connectivity index (χ2v) is 16.8. The lowest BCUT2D eigenvalue weighted by molar-refractivity contribution is 0.0313. The molecule has 42 heavy (non-hydrogen) atoms. The first kappa shape index (κ1) is 29.2. The second kappa shape index (κ2) is 11.5. The van der Waals surface area contributed by atoms with Crippen LogP contribution in [0.15, 0.2) is 24.5 Å². The van der Waals surface area contributed by atoms with Gasteiger partial charge >= 0.3 is 6.09 Å².